The molecule has 0 radical (unpaired) electrons. The first-order chi connectivity index (χ1) is 14.9. The molecule has 0 spiro atoms. The van der Waals surface area contributed by atoms with E-state index in [1.54, 1.807) is 11.6 Å². The molecule has 7 rings (SSSR count). The first-order valence-corrected chi connectivity index (χ1v) is 10.2. The Hall–Kier alpha value is -3.23. The molecule has 3 aliphatic heterocycles. The van der Waals surface area contributed by atoms with Crippen LogP contribution in [-0.4, -0.2) is 23.9 Å². The van der Waals surface area contributed by atoms with Gasteiger partial charge in [-0.2, -0.15) is 0 Å². The zero-order valence-electron chi connectivity index (χ0n) is 17.2. The molecule has 1 aromatic heterocycles. The van der Waals surface area contributed by atoms with E-state index in [2.05, 4.69) is 0 Å². The summed E-state index contributed by atoms with van der Waals surface area (Å²) >= 11 is 0. The molecule has 4 aliphatic rings. The quantitative estimate of drug-likeness (QED) is 0.549. The summed E-state index contributed by atoms with van der Waals surface area (Å²) in [5.74, 6) is 1.58. The minimum atomic E-state index is -0.790. The van der Waals surface area contributed by atoms with Gasteiger partial charge in [0.25, 0.3) is 5.56 Å². The largest absolute Gasteiger partial charge is 0.454 e. The third-order valence-corrected chi connectivity index (χ3v) is 6.43. The molecule has 1 saturated heterocycles. The summed E-state index contributed by atoms with van der Waals surface area (Å²) in [4.78, 5) is 13.5. The normalized spacial score (nSPS) is 23.6. The summed E-state index contributed by atoms with van der Waals surface area (Å²) in [6, 6.07) is 7.62. The molecule has 0 unspecified atom stereocenters. The molecule has 158 valence electrons. The SMILES string of the molecule is Cn1c2c(c3ccc4c(c3c1=O)OCO4)[C@@H]1OC(C)(C)O[C@@H]1c1cc3c(cc1-2)OCO3. The second-order valence-electron chi connectivity index (χ2n) is 8.62. The lowest BCUT2D eigenvalue weighted by atomic mass is 9.82. The van der Waals surface area contributed by atoms with E-state index in [1.165, 1.54) is 0 Å². The van der Waals surface area contributed by atoms with E-state index in [4.69, 9.17) is 28.4 Å². The Balaban J connectivity index is 1.64. The summed E-state index contributed by atoms with van der Waals surface area (Å²) in [5, 5.41) is 1.27. The Morgan fingerprint density at radius 3 is 2.48 bits per heavy atom. The van der Waals surface area contributed by atoms with Crippen molar-refractivity contribution in [1.82, 2.24) is 4.57 Å². The van der Waals surface area contributed by atoms with Gasteiger partial charge in [-0.25, -0.2) is 0 Å². The van der Waals surface area contributed by atoms with Gasteiger partial charge in [0.2, 0.25) is 13.6 Å². The van der Waals surface area contributed by atoms with Gasteiger partial charge in [-0.15, -0.1) is 0 Å². The predicted octanol–water partition coefficient (Wildman–Crippen LogP) is 3.54. The van der Waals surface area contributed by atoms with Crippen LogP contribution in [0.2, 0.25) is 0 Å². The third-order valence-electron chi connectivity index (χ3n) is 6.43. The van der Waals surface area contributed by atoms with Crippen LogP contribution < -0.4 is 24.5 Å². The Bertz CT molecular complexity index is 1370. The van der Waals surface area contributed by atoms with Crippen LogP contribution in [-0.2, 0) is 16.5 Å². The second-order valence-corrected chi connectivity index (χ2v) is 8.62. The molecule has 4 heterocycles. The van der Waals surface area contributed by atoms with Gasteiger partial charge in [0.05, 0.1) is 11.1 Å². The lowest BCUT2D eigenvalue weighted by Crippen LogP contribution is -2.26. The molecule has 0 bridgehead atoms. The number of pyridine rings is 1. The molecule has 1 fully saturated rings. The van der Waals surface area contributed by atoms with Crippen LogP contribution in [0.1, 0.15) is 37.2 Å². The summed E-state index contributed by atoms with van der Waals surface area (Å²) in [6.45, 7) is 4.06. The lowest BCUT2D eigenvalue weighted by molar-refractivity contribution is -0.147. The monoisotopic (exact) mass is 421 g/mol. The maximum absolute atomic E-state index is 13.5. The molecular formula is C23H19NO7. The topological polar surface area (TPSA) is 77.4 Å². The molecule has 2 aromatic carbocycles. The van der Waals surface area contributed by atoms with Crippen LogP contribution >= 0.6 is 0 Å². The average Bonchev–Trinajstić information content (AvgIpc) is 3.46. The van der Waals surface area contributed by atoms with Gasteiger partial charge in [-0.05, 0) is 49.1 Å². The van der Waals surface area contributed by atoms with E-state index < -0.39 is 11.9 Å². The van der Waals surface area contributed by atoms with Crippen molar-refractivity contribution in [3.63, 3.8) is 0 Å². The van der Waals surface area contributed by atoms with Crippen molar-refractivity contribution in [2.45, 2.75) is 31.8 Å². The fourth-order valence-corrected chi connectivity index (χ4v) is 5.20. The average molecular weight is 421 g/mol. The number of ether oxygens (including phenoxy) is 6. The second kappa shape index (κ2) is 5.52. The molecular weight excluding hydrogens is 402 g/mol. The van der Waals surface area contributed by atoms with Crippen molar-refractivity contribution in [1.29, 1.82) is 0 Å². The Morgan fingerprint density at radius 2 is 1.65 bits per heavy atom. The van der Waals surface area contributed by atoms with Crippen molar-refractivity contribution < 1.29 is 28.4 Å². The minimum absolute atomic E-state index is 0.0969. The highest BCUT2D eigenvalue weighted by Crippen LogP contribution is 2.58. The molecule has 0 N–H and O–H groups in total. The van der Waals surface area contributed by atoms with E-state index in [-0.39, 0.29) is 25.2 Å². The molecule has 0 saturated carbocycles. The van der Waals surface area contributed by atoms with Gasteiger partial charge in [-0.3, -0.25) is 4.79 Å². The van der Waals surface area contributed by atoms with Crippen LogP contribution in [0.3, 0.4) is 0 Å². The fraction of sp³-hybridized carbons (Fsp3) is 0.348. The van der Waals surface area contributed by atoms with E-state index in [1.807, 2.05) is 38.1 Å². The van der Waals surface area contributed by atoms with Gasteiger partial charge >= 0.3 is 0 Å². The van der Waals surface area contributed by atoms with E-state index in [9.17, 15) is 4.79 Å². The number of aromatic nitrogens is 1. The maximum atomic E-state index is 13.5. The van der Waals surface area contributed by atoms with Gasteiger partial charge in [0.15, 0.2) is 28.8 Å². The highest BCUT2D eigenvalue weighted by molar-refractivity contribution is 5.97. The molecule has 8 heteroatoms. The van der Waals surface area contributed by atoms with Gasteiger partial charge in [-0.1, -0.05) is 0 Å². The Morgan fingerprint density at radius 1 is 0.935 bits per heavy atom. The van der Waals surface area contributed by atoms with Crippen LogP contribution in [0.4, 0.5) is 0 Å². The van der Waals surface area contributed by atoms with Crippen molar-refractivity contribution in [3.8, 4) is 34.3 Å². The molecule has 2 atom stereocenters. The van der Waals surface area contributed by atoms with Gasteiger partial charge in [0, 0.05) is 18.2 Å². The van der Waals surface area contributed by atoms with Crippen LogP contribution in [0.25, 0.3) is 22.0 Å². The molecule has 3 aromatic rings. The highest BCUT2D eigenvalue weighted by Gasteiger charge is 2.49. The van der Waals surface area contributed by atoms with Crippen molar-refractivity contribution in [2.75, 3.05) is 13.6 Å². The van der Waals surface area contributed by atoms with E-state index in [0.717, 1.165) is 27.8 Å². The number of hydrogen-bond acceptors (Lipinski definition) is 7. The number of rotatable bonds is 0. The summed E-state index contributed by atoms with van der Waals surface area (Å²) in [7, 11) is 1.77. The zero-order chi connectivity index (χ0) is 21.1. The summed E-state index contributed by atoms with van der Waals surface area (Å²) in [6.07, 6.45) is -0.745. The lowest BCUT2D eigenvalue weighted by Gasteiger charge is -2.31. The molecule has 8 nitrogen and oxygen atoms in total. The number of hydrogen-bond donors (Lipinski definition) is 0. The maximum Gasteiger partial charge on any atom is 0.262 e. The summed E-state index contributed by atoms with van der Waals surface area (Å²) < 4.78 is 36.8. The Kier molecular flexibility index (Phi) is 3.11. The third kappa shape index (κ3) is 2.13. The first-order valence-electron chi connectivity index (χ1n) is 10.2. The number of nitrogens with zero attached hydrogens (tertiary/aromatic N) is 1. The van der Waals surface area contributed by atoms with Crippen molar-refractivity contribution in [3.05, 3.63) is 45.7 Å². The standard InChI is InChI=1S/C23H19NO7/c1-23(2)30-19-12-7-15-14(27-8-28-15)6-11(12)18-16(21(19)31-23)10-4-5-13-20(29-9-26-13)17(10)22(25)24(18)3/h4-7,19,21H,8-9H2,1-3H3/t19-,21+/m1/s1. The Labute approximate surface area is 176 Å². The first kappa shape index (κ1) is 17.5. The minimum Gasteiger partial charge on any atom is -0.454 e. The summed E-state index contributed by atoms with van der Waals surface area (Å²) in [5.41, 5.74) is 3.32. The molecule has 31 heavy (non-hydrogen) atoms. The highest BCUT2D eigenvalue weighted by atomic mass is 16.8. The van der Waals surface area contributed by atoms with Crippen LogP contribution in [0, 0.1) is 0 Å². The van der Waals surface area contributed by atoms with Crippen LogP contribution in [0.15, 0.2) is 29.1 Å². The van der Waals surface area contributed by atoms with Gasteiger partial charge in [0.1, 0.15) is 12.2 Å². The van der Waals surface area contributed by atoms with Crippen LogP contribution in [0.5, 0.6) is 23.0 Å². The smallest absolute Gasteiger partial charge is 0.262 e. The number of benzene rings is 2. The van der Waals surface area contributed by atoms with Crippen molar-refractivity contribution in [2.24, 2.45) is 7.05 Å². The molecule has 1 aliphatic carbocycles. The van der Waals surface area contributed by atoms with Crippen molar-refractivity contribution >= 4 is 10.8 Å². The number of fused-ring (bicyclic) bond motifs is 11. The fourth-order valence-electron chi connectivity index (χ4n) is 5.20. The zero-order valence-corrected chi connectivity index (χ0v) is 17.2. The van der Waals surface area contributed by atoms with E-state index in [0.29, 0.717) is 28.4 Å². The predicted molar refractivity (Wildman–Crippen MR) is 109 cm³/mol. The molecule has 0 amide bonds. The van der Waals surface area contributed by atoms with Gasteiger partial charge < -0.3 is 33.0 Å². The van der Waals surface area contributed by atoms with E-state index >= 15 is 0 Å².